The first-order valence-corrected chi connectivity index (χ1v) is 7.29. The summed E-state index contributed by atoms with van der Waals surface area (Å²) in [6.07, 6.45) is 3.10. The third-order valence-electron chi connectivity index (χ3n) is 3.49. The van der Waals surface area contributed by atoms with Gasteiger partial charge >= 0.3 is 0 Å². The van der Waals surface area contributed by atoms with Crippen LogP contribution < -0.4 is 5.73 Å². The molecule has 0 aromatic carbocycles. The van der Waals surface area contributed by atoms with Gasteiger partial charge in [0.15, 0.2) is 0 Å². The van der Waals surface area contributed by atoms with Gasteiger partial charge in [-0.2, -0.15) is 0 Å². The number of ether oxygens (including phenoxy) is 1. The van der Waals surface area contributed by atoms with E-state index in [1.165, 1.54) is 0 Å². The molecule has 2 heterocycles. The second kappa shape index (κ2) is 5.04. The maximum Gasteiger partial charge on any atom is 0.113 e. The van der Waals surface area contributed by atoms with Crippen LogP contribution in [0, 0.1) is 0 Å². The van der Waals surface area contributed by atoms with E-state index < -0.39 is 0 Å². The van der Waals surface area contributed by atoms with Crippen molar-refractivity contribution in [3.63, 3.8) is 0 Å². The first-order chi connectivity index (χ1) is 8.05. The van der Waals surface area contributed by atoms with Crippen molar-refractivity contribution < 1.29 is 4.74 Å². The van der Waals surface area contributed by atoms with Crippen LogP contribution in [0.2, 0.25) is 0 Å². The molecule has 0 spiro atoms. The van der Waals surface area contributed by atoms with Gasteiger partial charge in [0.25, 0.3) is 0 Å². The molecule has 0 aliphatic carbocycles. The Bertz CT molecular complexity index is 377. The molecule has 1 saturated heterocycles. The van der Waals surface area contributed by atoms with Gasteiger partial charge in [0.1, 0.15) is 5.01 Å². The van der Waals surface area contributed by atoms with Gasteiger partial charge in [-0.05, 0) is 25.2 Å². The van der Waals surface area contributed by atoms with Gasteiger partial charge < -0.3 is 10.5 Å². The fourth-order valence-corrected chi connectivity index (χ4v) is 3.35. The summed E-state index contributed by atoms with van der Waals surface area (Å²) in [5.74, 6) is 0.477. The highest BCUT2D eigenvalue weighted by atomic mass is 32.1. The normalized spacial score (nSPS) is 29.8. The highest BCUT2D eigenvalue weighted by Gasteiger charge is 2.36. The Morgan fingerprint density at radius 3 is 3.00 bits per heavy atom. The number of hydrogen-bond acceptors (Lipinski definition) is 4. The molecule has 1 aliphatic rings. The smallest absolute Gasteiger partial charge is 0.113 e. The van der Waals surface area contributed by atoms with E-state index in [4.69, 9.17) is 15.5 Å². The van der Waals surface area contributed by atoms with Crippen LogP contribution in [-0.4, -0.2) is 17.7 Å². The van der Waals surface area contributed by atoms with Crippen molar-refractivity contribution in [1.29, 1.82) is 0 Å². The van der Waals surface area contributed by atoms with E-state index in [-0.39, 0.29) is 5.54 Å². The Kier molecular flexibility index (Phi) is 3.85. The Balaban J connectivity index is 2.18. The van der Waals surface area contributed by atoms with Gasteiger partial charge in [-0.1, -0.05) is 20.8 Å². The number of aromatic nitrogens is 1. The molecule has 1 aromatic heterocycles. The first-order valence-electron chi connectivity index (χ1n) is 6.41. The number of rotatable bonds is 3. The van der Waals surface area contributed by atoms with E-state index in [2.05, 4.69) is 26.2 Å². The van der Waals surface area contributed by atoms with Crippen LogP contribution in [0.1, 0.15) is 56.7 Å². The van der Waals surface area contributed by atoms with Crippen molar-refractivity contribution in [3.05, 3.63) is 16.1 Å². The molecule has 96 valence electrons. The Labute approximate surface area is 107 Å². The van der Waals surface area contributed by atoms with E-state index >= 15 is 0 Å². The lowest BCUT2D eigenvalue weighted by Crippen LogP contribution is -2.45. The Morgan fingerprint density at radius 1 is 1.65 bits per heavy atom. The molecule has 0 saturated carbocycles. The predicted molar refractivity (Wildman–Crippen MR) is 71.3 cm³/mol. The lowest BCUT2D eigenvalue weighted by Gasteiger charge is -2.36. The summed E-state index contributed by atoms with van der Waals surface area (Å²) >= 11 is 1.70. The van der Waals surface area contributed by atoms with Gasteiger partial charge in [-0.15, -0.1) is 11.3 Å². The van der Waals surface area contributed by atoms with E-state index in [9.17, 15) is 0 Å². The largest absolute Gasteiger partial charge is 0.378 e. The van der Waals surface area contributed by atoms with Crippen LogP contribution in [0.4, 0.5) is 0 Å². The zero-order valence-corrected chi connectivity index (χ0v) is 11.7. The number of hydrogen-bond donors (Lipinski definition) is 1. The fourth-order valence-electron chi connectivity index (χ4n) is 2.21. The first kappa shape index (κ1) is 13.0. The average molecular weight is 254 g/mol. The average Bonchev–Trinajstić information content (AvgIpc) is 2.79. The van der Waals surface area contributed by atoms with Crippen LogP contribution in [0.15, 0.2) is 5.38 Å². The molecule has 2 unspecified atom stereocenters. The SMILES string of the molecule is CCC1CC(N)(c2nc(C(C)C)cs2)CCO1. The maximum atomic E-state index is 6.53. The van der Waals surface area contributed by atoms with Crippen LogP contribution >= 0.6 is 11.3 Å². The number of nitrogens with zero attached hydrogens (tertiary/aromatic N) is 1. The Morgan fingerprint density at radius 2 is 2.41 bits per heavy atom. The highest BCUT2D eigenvalue weighted by molar-refractivity contribution is 7.09. The van der Waals surface area contributed by atoms with Crippen molar-refractivity contribution in [2.45, 2.75) is 57.6 Å². The lowest BCUT2D eigenvalue weighted by molar-refractivity contribution is -0.0214. The summed E-state index contributed by atoms with van der Waals surface area (Å²) < 4.78 is 5.70. The summed E-state index contributed by atoms with van der Waals surface area (Å²) in [6, 6.07) is 0. The van der Waals surface area contributed by atoms with Crippen LogP contribution in [-0.2, 0) is 10.3 Å². The summed E-state index contributed by atoms with van der Waals surface area (Å²) in [5.41, 5.74) is 7.42. The maximum absolute atomic E-state index is 6.53. The molecule has 2 atom stereocenters. The van der Waals surface area contributed by atoms with E-state index in [0.717, 1.165) is 36.6 Å². The van der Waals surface area contributed by atoms with Crippen LogP contribution in [0.5, 0.6) is 0 Å². The van der Waals surface area contributed by atoms with E-state index in [1.807, 2.05) is 0 Å². The van der Waals surface area contributed by atoms with Crippen molar-refractivity contribution in [3.8, 4) is 0 Å². The van der Waals surface area contributed by atoms with Crippen molar-refractivity contribution in [2.75, 3.05) is 6.61 Å². The molecule has 3 nitrogen and oxygen atoms in total. The monoisotopic (exact) mass is 254 g/mol. The third-order valence-corrected chi connectivity index (χ3v) is 4.57. The summed E-state index contributed by atoms with van der Waals surface area (Å²) in [7, 11) is 0. The molecule has 1 aromatic rings. The topological polar surface area (TPSA) is 48.1 Å². The summed E-state index contributed by atoms with van der Waals surface area (Å²) in [5, 5.41) is 3.23. The van der Waals surface area contributed by atoms with Crippen LogP contribution in [0.25, 0.3) is 0 Å². The molecule has 0 bridgehead atoms. The zero-order chi connectivity index (χ0) is 12.5. The second-order valence-electron chi connectivity index (χ2n) is 5.24. The molecule has 1 aliphatic heterocycles. The summed E-state index contributed by atoms with van der Waals surface area (Å²) in [6.45, 7) is 7.24. The standard InChI is InChI=1S/C13H22N2OS/c1-4-10-7-13(14,5-6-16-10)12-15-11(8-17-12)9(2)3/h8-10H,4-7,14H2,1-3H3. The van der Waals surface area contributed by atoms with E-state index in [0.29, 0.717) is 12.0 Å². The molecule has 4 heteroatoms. The number of thiazole rings is 1. The van der Waals surface area contributed by atoms with Gasteiger partial charge in [0.05, 0.1) is 17.3 Å². The molecular formula is C13H22N2OS. The molecular weight excluding hydrogens is 232 g/mol. The van der Waals surface area contributed by atoms with Gasteiger partial charge in [-0.3, -0.25) is 0 Å². The van der Waals surface area contributed by atoms with Gasteiger partial charge in [-0.25, -0.2) is 4.98 Å². The van der Waals surface area contributed by atoms with Crippen molar-refractivity contribution >= 4 is 11.3 Å². The lowest BCUT2D eigenvalue weighted by atomic mass is 9.87. The van der Waals surface area contributed by atoms with Gasteiger partial charge in [0, 0.05) is 12.0 Å². The van der Waals surface area contributed by atoms with Crippen LogP contribution in [0.3, 0.4) is 0 Å². The fraction of sp³-hybridized carbons (Fsp3) is 0.769. The molecule has 2 N–H and O–H groups in total. The minimum atomic E-state index is -0.267. The van der Waals surface area contributed by atoms with Gasteiger partial charge in [0.2, 0.25) is 0 Å². The molecule has 1 fully saturated rings. The minimum absolute atomic E-state index is 0.267. The minimum Gasteiger partial charge on any atom is -0.378 e. The van der Waals surface area contributed by atoms with Crippen molar-refractivity contribution in [1.82, 2.24) is 4.98 Å². The summed E-state index contributed by atoms with van der Waals surface area (Å²) in [4.78, 5) is 4.71. The quantitative estimate of drug-likeness (QED) is 0.902. The van der Waals surface area contributed by atoms with Crippen molar-refractivity contribution in [2.24, 2.45) is 5.73 Å². The van der Waals surface area contributed by atoms with E-state index in [1.54, 1.807) is 11.3 Å². The molecule has 17 heavy (non-hydrogen) atoms. The highest BCUT2D eigenvalue weighted by Crippen LogP contribution is 2.35. The zero-order valence-electron chi connectivity index (χ0n) is 10.9. The third kappa shape index (κ3) is 2.69. The Hall–Kier alpha value is -0.450. The second-order valence-corrected chi connectivity index (χ2v) is 6.10. The number of nitrogens with two attached hydrogens (primary N) is 1. The predicted octanol–water partition coefficient (Wildman–Crippen LogP) is 3.01. The molecule has 0 amide bonds. The molecule has 2 rings (SSSR count). The molecule has 0 radical (unpaired) electrons.